The Kier molecular flexibility index (Phi) is 6.95. The number of hydrogen-bond donors (Lipinski definition) is 0. The third-order valence-corrected chi connectivity index (χ3v) is 11.3. The Labute approximate surface area is 326 Å². The fourth-order valence-electron chi connectivity index (χ4n) is 8.85. The number of para-hydroxylation sites is 4. The maximum absolute atomic E-state index is 10.2. The molecule has 6 nitrogen and oxygen atoms in total. The molecule has 0 amide bonds. The molecule has 3 heterocycles. The van der Waals surface area contributed by atoms with Crippen LogP contribution in [0, 0.1) is 34.0 Å². The molecule has 0 atom stereocenters. The van der Waals surface area contributed by atoms with Crippen LogP contribution < -0.4 is 0 Å². The summed E-state index contributed by atoms with van der Waals surface area (Å²) in [7, 11) is 0. The summed E-state index contributed by atoms with van der Waals surface area (Å²) in [5, 5.41) is 36.3. The number of rotatable bonds is 4. The molecular formula is C51H28N6. The van der Waals surface area contributed by atoms with E-state index >= 15 is 0 Å². The summed E-state index contributed by atoms with van der Waals surface area (Å²) >= 11 is 0. The molecule has 0 saturated heterocycles. The highest BCUT2D eigenvalue weighted by molar-refractivity contribution is 6.15. The number of nitrogens with zero attached hydrogens (tertiary/aromatic N) is 6. The smallest absolute Gasteiger partial charge is 0.0992 e. The molecule has 6 heteroatoms. The molecule has 3 aromatic heterocycles. The number of benzene rings is 8. The Hall–Kier alpha value is -8.37. The molecular weight excluding hydrogens is 697 g/mol. The summed E-state index contributed by atoms with van der Waals surface area (Å²) in [6.07, 6.45) is 0. The van der Waals surface area contributed by atoms with Crippen molar-refractivity contribution < 1.29 is 0 Å². The second-order valence-electron chi connectivity index (χ2n) is 14.3. The average Bonchev–Trinajstić information content (AvgIpc) is 3.91. The van der Waals surface area contributed by atoms with Crippen LogP contribution in [-0.4, -0.2) is 13.7 Å². The van der Waals surface area contributed by atoms with Gasteiger partial charge in [-0.1, -0.05) is 78.9 Å². The highest BCUT2D eigenvalue weighted by Gasteiger charge is 2.21. The van der Waals surface area contributed by atoms with Crippen LogP contribution in [0.3, 0.4) is 0 Å². The number of nitriles is 3. The number of fused-ring (bicyclic) bond motifs is 9. The normalized spacial score (nSPS) is 11.5. The van der Waals surface area contributed by atoms with Crippen molar-refractivity contribution in [2.45, 2.75) is 0 Å². The Bertz CT molecular complexity index is 3560. The highest BCUT2D eigenvalue weighted by atomic mass is 15.1. The lowest BCUT2D eigenvalue weighted by molar-refractivity contribution is 1.13. The predicted molar refractivity (Wildman–Crippen MR) is 229 cm³/mol. The summed E-state index contributed by atoms with van der Waals surface area (Å²) in [6.45, 7) is 0. The summed E-state index contributed by atoms with van der Waals surface area (Å²) in [4.78, 5) is 0. The third-order valence-electron chi connectivity index (χ3n) is 11.3. The first-order chi connectivity index (χ1) is 28.1. The van der Waals surface area contributed by atoms with Crippen LogP contribution >= 0.6 is 0 Å². The van der Waals surface area contributed by atoms with Crippen LogP contribution in [0.25, 0.3) is 93.6 Å². The number of hydrogen-bond acceptors (Lipinski definition) is 3. The van der Waals surface area contributed by atoms with Crippen LogP contribution in [0.4, 0.5) is 0 Å². The second kappa shape index (κ2) is 12.3. The van der Waals surface area contributed by atoms with Crippen molar-refractivity contribution in [1.82, 2.24) is 13.7 Å². The van der Waals surface area contributed by atoms with Crippen molar-refractivity contribution in [2.24, 2.45) is 0 Å². The Morgan fingerprint density at radius 2 is 0.825 bits per heavy atom. The van der Waals surface area contributed by atoms with Crippen molar-refractivity contribution in [2.75, 3.05) is 0 Å². The molecule has 0 fully saturated rings. The zero-order valence-corrected chi connectivity index (χ0v) is 30.3. The first-order valence-electron chi connectivity index (χ1n) is 18.7. The highest BCUT2D eigenvalue weighted by Crippen LogP contribution is 2.41. The molecule has 0 bridgehead atoms. The van der Waals surface area contributed by atoms with Crippen LogP contribution in [0.15, 0.2) is 170 Å². The van der Waals surface area contributed by atoms with Gasteiger partial charge < -0.3 is 13.7 Å². The molecule has 8 aromatic carbocycles. The lowest BCUT2D eigenvalue weighted by Crippen LogP contribution is -2.00. The van der Waals surface area contributed by atoms with E-state index in [1.807, 2.05) is 60.7 Å². The molecule has 0 N–H and O–H groups in total. The Balaban J connectivity index is 1.12. The van der Waals surface area contributed by atoms with Crippen LogP contribution in [0.1, 0.15) is 16.7 Å². The SMILES string of the molecule is N#Cc1cc(-c2ccc(-n3c4ccc(C#N)cc4c4cccc(-n5c6ccccc6c6ccccc65)c43)cc2)cc(-n2c3ccccc3c3cc(C#N)ccc32)c1. The summed E-state index contributed by atoms with van der Waals surface area (Å²) < 4.78 is 6.83. The monoisotopic (exact) mass is 724 g/mol. The van der Waals surface area contributed by atoms with Gasteiger partial charge in [-0.3, -0.25) is 0 Å². The van der Waals surface area contributed by atoms with E-state index in [1.165, 1.54) is 10.8 Å². The molecule has 0 unspecified atom stereocenters. The van der Waals surface area contributed by atoms with Gasteiger partial charge >= 0.3 is 0 Å². The first-order valence-corrected chi connectivity index (χ1v) is 18.7. The first kappa shape index (κ1) is 32.1. The lowest BCUT2D eigenvalue weighted by Gasteiger charge is -2.15. The minimum absolute atomic E-state index is 0.553. The predicted octanol–water partition coefficient (Wildman–Crippen LogP) is 12.3. The molecule has 11 aromatic rings. The summed E-state index contributed by atoms with van der Waals surface area (Å²) in [5.74, 6) is 0. The van der Waals surface area contributed by atoms with Crippen LogP contribution in [0.5, 0.6) is 0 Å². The quantitative estimate of drug-likeness (QED) is 0.181. The fourth-order valence-corrected chi connectivity index (χ4v) is 8.85. The van der Waals surface area contributed by atoms with E-state index < -0.39 is 0 Å². The molecule has 11 rings (SSSR count). The van der Waals surface area contributed by atoms with E-state index in [0.717, 1.165) is 82.8 Å². The van der Waals surface area contributed by atoms with Gasteiger partial charge in [0, 0.05) is 43.7 Å². The van der Waals surface area contributed by atoms with Crippen LogP contribution in [0.2, 0.25) is 0 Å². The van der Waals surface area contributed by atoms with Gasteiger partial charge in [0.05, 0.1) is 73.7 Å². The van der Waals surface area contributed by atoms with Gasteiger partial charge in [0.1, 0.15) is 0 Å². The van der Waals surface area contributed by atoms with E-state index in [2.05, 4.69) is 141 Å². The molecule has 0 aliphatic carbocycles. The maximum atomic E-state index is 10.2. The molecule has 0 saturated carbocycles. The maximum Gasteiger partial charge on any atom is 0.0992 e. The molecule has 262 valence electrons. The van der Waals surface area contributed by atoms with E-state index in [-0.39, 0.29) is 0 Å². The second-order valence-corrected chi connectivity index (χ2v) is 14.3. The third kappa shape index (κ3) is 4.74. The minimum atomic E-state index is 0.553. The van der Waals surface area contributed by atoms with Crippen LogP contribution in [-0.2, 0) is 0 Å². The molecule has 0 aliphatic heterocycles. The molecule has 57 heavy (non-hydrogen) atoms. The van der Waals surface area contributed by atoms with Crippen molar-refractivity contribution in [1.29, 1.82) is 15.8 Å². The van der Waals surface area contributed by atoms with Gasteiger partial charge in [-0.15, -0.1) is 0 Å². The van der Waals surface area contributed by atoms with Gasteiger partial charge in [0.25, 0.3) is 0 Å². The van der Waals surface area contributed by atoms with Gasteiger partial charge in [0.15, 0.2) is 0 Å². The van der Waals surface area contributed by atoms with E-state index in [4.69, 9.17) is 0 Å². The number of aromatic nitrogens is 3. The van der Waals surface area contributed by atoms with Crippen molar-refractivity contribution in [3.05, 3.63) is 187 Å². The summed E-state index contributed by atoms with van der Waals surface area (Å²) in [5.41, 5.74) is 12.8. The van der Waals surface area contributed by atoms with Gasteiger partial charge in [-0.25, -0.2) is 0 Å². The Morgan fingerprint density at radius 1 is 0.316 bits per heavy atom. The zero-order chi connectivity index (χ0) is 38.2. The minimum Gasteiger partial charge on any atom is -0.309 e. The summed E-state index contributed by atoms with van der Waals surface area (Å²) in [6, 6.07) is 64.9. The average molecular weight is 725 g/mol. The van der Waals surface area contributed by atoms with E-state index in [0.29, 0.717) is 16.7 Å². The van der Waals surface area contributed by atoms with Gasteiger partial charge in [-0.05, 0) is 102 Å². The van der Waals surface area contributed by atoms with E-state index in [9.17, 15) is 15.8 Å². The molecule has 0 radical (unpaired) electrons. The molecule has 0 aliphatic rings. The zero-order valence-electron chi connectivity index (χ0n) is 30.3. The van der Waals surface area contributed by atoms with Crippen molar-refractivity contribution in [3.63, 3.8) is 0 Å². The van der Waals surface area contributed by atoms with Gasteiger partial charge in [-0.2, -0.15) is 15.8 Å². The van der Waals surface area contributed by atoms with Crippen molar-refractivity contribution >= 4 is 65.4 Å². The topological polar surface area (TPSA) is 86.2 Å². The Morgan fingerprint density at radius 3 is 1.44 bits per heavy atom. The van der Waals surface area contributed by atoms with Crippen molar-refractivity contribution in [3.8, 4) is 46.4 Å². The lowest BCUT2D eigenvalue weighted by atomic mass is 10.0. The van der Waals surface area contributed by atoms with Gasteiger partial charge in [0.2, 0.25) is 0 Å². The standard InChI is InChI=1S/C51H28N6/c52-29-32-16-22-48-43(26-32)41-10-3-4-12-45(41)55(48)38-25-34(31-54)24-36(28-38)35-18-20-37(21-19-35)56-49-23-17-33(30-53)27-44(49)42-11-7-15-50(51(42)56)57-46-13-5-1-8-39(46)40-9-2-6-14-47(40)57/h1-28H. The largest absolute Gasteiger partial charge is 0.309 e. The fraction of sp³-hybridized carbons (Fsp3) is 0. The molecule has 0 spiro atoms. The van der Waals surface area contributed by atoms with E-state index in [1.54, 1.807) is 0 Å².